The summed E-state index contributed by atoms with van der Waals surface area (Å²) in [4.78, 5) is 5.94. The lowest BCUT2D eigenvalue weighted by Gasteiger charge is -2.13. The zero-order valence-electron chi connectivity index (χ0n) is 20.4. The average Bonchev–Trinajstić information content (AvgIpc) is 3.24. The van der Waals surface area contributed by atoms with Crippen LogP contribution in [-0.4, -0.2) is 18.2 Å². The number of unbranched alkanes of at least 4 members (excludes halogenated alkanes) is 2. The Balaban J connectivity index is 1.43. The third-order valence-corrected chi connectivity index (χ3v) is 6.71. The van der Waals surface area contributed by atoms with Crippen LogP contribution in [0.2, 0.25) is 0 Å². The van der Waals surface area contributed by atoms with E-state index in [1.54, 1.807) is 17.4 Å². The molecule has 3 aromatic rings. The summed E-state index contributed by atoms with van der Waals surface area (Å²) >= 11 is 1.70. The molecule has 0 saturated carbocycles. The molecular weight excluding hydrogens is 442 g/mol. The quantitative estimate of drug-likeness (QED) is 0.267. The molecule has 0 amide bonds. The molecule has 1 atom stereocenters. The molecule has 34 heavy (non-hydrogen) atoms. The lowest BCUT2D eigenvalue weighted by atomic mass is 10.0. The van der Waals surface area contributed by atoms with Crippen LogP contribution in [-0.2, 0) is 0 Å². The van der Waals surface area contributed by atoms with Gasteiger partial charge >= 0.3 is 0 Å². The van der Waals surface area contributed by atoms with Gasteiger partial charge in [-0.1, -0.05) is 26.0 Å². The molecule has 2 N–H and O–H groups in total. The highest BCUT2D eigenvalue weighted by Crippen LogP contribution is 2.35. The van der Waals surface area contributed by atoms with Crippen molar-refractivity contribution < 1.29 is 9.47 Å². The molecule has 0 aliphatic carbocycles. The third kappa shape index (κ3) is 7.58. The molecule has 5 nitrogen and oxygen atoms in total. The van der Waals surface area contributed by atoms with Crippen LogP contribution in [0, 0.1) is 24.2 Å². The summed E-state index contributed by atoms with van der Waals surface area (Å²) in [7, 11) is 0. The number of nitrogens with two attached hydrogens (primary N) is 1. The molecule has 0 radical (unpaired) electrons. The maximum Gasteiger partial charge on any atom is 0.137 e. The van der Waals surface area contributed by atoms with Gasteiger partial charge in [0, 0.05) is 16.5 Å². The van der Waals surface area contributed by atoms with E-state index in [2.05, 4.69) is 32.0 Å². The van der Waals surface area contributed by atoms with E-state index in [9.17, 15) is 0 Å². The van der Waals surface area contributed by atoms with Crippen molar-refractivity contribution in [3.05, 3.63) is 64.0 Å². The topological polar surface area (TPSA) is 81.2 Å². The third-order valence-electron chi connectivity index (χ3n) is 5.60. The normalized spacial score (nSPS) is 11.9. The van der Waals surface area contributed by atoms with E-state index in [4.69, 9.17) is 25.5 Å². The van der Waals surface area contributed by atoms with Crippen molar-refractivity contribution in [2.24, 2.45) is 11.7 Å². The van der Waals surface area contributed by atoms with Gasteiger partial charge in [-0.2, -0.15) is 5.26 Å². The summed E-state index contributed by atoms with van der Waals surface area (Å²) in [6, 6.07) is 17.7. The number of nitrogens with zero attached hydrogens (tertiary/aromatic N) is 2. The van der Waals surface area contributed by atoms with Gasteiger partial charge in [-0.15, -0.1) is 11.3 Å². The molecule has 1 heterocycles. The second kappa shape index (κ2) is 13.1. The first-order valence-corrected chi connectivity index (χ1v) is 12.9. The van der Waals surface area contributed by atoms with E-state index >= 15 is 0 Å². The number of rotatable bonds is 13. The molecule has 3 rings (SSSR count). The lowest BCUT2D eigenvalue weighted by molar-refractivity contribution is 0.279. The predicted molar refractivity (Wildman–Crippen MR) is 139 cm³/mol. The van der Waals surface area contributed by atoms with Crippen molar-refractivity contribution in [2.75, 3.05) is 13.2 Å². The number of para-hydroxylation sites is 1. The number of aryl methyl sites for hydroxylation is 1. The number of thiazole rings is 1. The van der Waals surface area contributed by atoms with Gasteiger partial charge in [0.2, 0.25) is 0 Å². The van der Waals surface area contributed by atoms with Crippen LogP contribution in [0.5, 0.6) is 11.5 Å². The molecule has 2 aromatic carbocycles. The fraction of sp³-hybridized carbons (Fsp3) is 0.429. The van der Waals surface area contributed by atoms with Crippen molar-refractivity contribution >= 4 is 11.3 Å². The maximum absolute atomic E-state index is 9.10. The minimum Gasteiger partial charge on any atom is -0.494 e. The molecule has 1 aromatic heterocycles. The highest BCUT2D eigenvalue weighted by atomic mass is 32.1. The van der Waals surface area contributed by atoms with E-state index in [0.29, 0.717) is 30.4 Å². The molecule has 0 spiro atoms. The highest BCUT2D eigenvalue weighted by Gasteiger charge is 2.18. The first kappa shape index (κ1) is 25.7. The summed E-state index contributed by atoms with van der Waals surface area (Å²) in [6.45, 7) is 7.76. The molecule has 0 aliphatic heterocycles. The minimum absolute atomic E-state index is 0.0249. The van der Waals surface area contributed by atoms with E-state index in [-0.39, 0.29) is 6.04 Å². The Kier molecular flexibility index (Phi) is 9.93. The zero-order valence-corrected chi connectivity index (χ0v) is 21.2. The van der Waals surface area contributed by atoms with Crippen molar-refractivity contribution in [1.82, 2.24) is 4.98 Å². The first-order chi connectivity index (χ1) is 16.5. The van der Waals surface area contributed by atoms with Gasteiger partial charge in [0.05, 0.1) is 29.5 Å². The molecule has 0 fully saturated rings. The molecule has 0 bridgehead atoms. The Morgan fingerprint density at radius 3 is 2.38 bits per heavy atom. The summed E-state index contributed by atoms with van der Waals surface area (Å²) in [5.41, 5.74) is 9.17. The monoisotopic (exact) mass is 477 g/mol. The van der Waals surface area contributed by atoms with Gasteiger partial charge in [-0.3, -0.25) is 0 Å². The van der Waals surface area contributed by atoms with Crippen LogP contribution in [0.3, 0.4) is 0 Å². The van der Waals surface area contributed by atoms with Gasteiger partial charge in [0.1, 0.15) is 17.6 Å². The second-order valence-electron chi connectivity index (χ2n) is 8.91. The summed E-state index contributed by atoms with van der Waals surface area (Å²) in [6.07, 6.45) is 4.96. The Morgan fingerprint density at radius 2 is 1.68 bits per heavy atom. The largest absolute Gasteiger partial charge is 0.494 e. The van der Waals surface area contributed by atoms with Crippen LogP contribution in [0.25, 0.3) is 11.3 Å². The van der Waals surface area contributed by atoms with E-state index in [1.807, 2.05) is 37.3 Å². The van der Waals surface area contributed by atoms with E-state index in [0.717, 1.165) is 54.1 Å². The number of hydrogen-bond acceptors (Lipinski definition) is 6. The molecule has 6 heteroatoms. The summed E-state index contributed by atoms with van der Waals surface area (Å²) in [5, 5.41) is 10.2. The van der Waals surface area contributed by atoms with Gasteiger partial charge < -0.3 is 15.2 Å². The second-order valence-corrected chi connectivity index (χ2v) is 10.1. The van der Waals surface area contributed by atoms with Crippen LogP contribution in [0.15, 0.2) is 48.5 Å². The van der Waals surface area contributed by atoms with Gasteiger partial charge in [-0.25, -0.2) is 4.98 Å². The minimum atomic E-state index is 0.0249. The maximum atomic E-state index is 9.10. The smallest absolute Gasteiger partial charge is 0.137 e. The zero-order chi connectivity index (χ0) is 24.3. The van der Waals surface area contributed by atoms with E-state index < -0.39 is 0 Å². The number of nitriles is 1. The van der Waals surface area contributed by atoms with Crippen LogP contribution >= 0.6 is 11.3 Å². The molecule has 180 valence electrons. The molecule has 1 unspecified atom stereocenters. The Morgan fingerprint density at radius 1 is 0.971 bits per heavy atom. The van der Waals surface area contributed by atoms with Crippen molar-refractivity contribution in [2.45, 2.75) is 58.9 Å². The molecular formula is C28H35N3O2S. The highest BCUT2D eigenvalue weighted by molar-refractivity contribution is 7.12. The van der Waals surface area contributed by atoms with Gasteiger partial charge in [-0.05, 0) is 81.3 Å². The van der Waals surface area contributed by atoms with Crippen LogP contribution < -0.4 is 15.2 Å². The number of aromatic nitrogens is 1. The summed E-state index contributed by atoms with van der Waals surface area (Å²) in [5.74, 6) is 2.16. The SMILES string of the molecule is Cc1nc(-c2ccc(OCCCCCOc3ccccc3C#N)cc2)c(C(N)CCC(C)C)s1. The fourth-order valence-corrected chi connectivity index (χ4v) is 4.68. The van der Waals surface area contributed by atoms with Crippen LogP contribution in [0.4, 0.5) is 0 Å². The van der Waals surface area contributed by atoms with Crippen molar-refractivity contribution in [3.8, 4) is 28.8 Å². The Hall–Kier alpha value is -2.88. The number of hydrogen-bond donors (Lipinski definition) is 1. The van der Waals surface area contributed by atoms with Crippen molar-refractivity contribution in [3.63, 3.8) is 0 Å². The Labute approximate surface area is 207 Å². The van der Waals surface area contributed by atoms with Crippen molar-refractivity contribution in [1.29, 1.82) is 5.26 Å². The molecule has 0 aliphatic rings. The average molecular weight is 478 g/mol. The lowest BCUT2D eigenvalue weighted by Crippen LogP contribution is -2.10. The predicted octanol–water partition coefficient (Wildman–Crippen LogP) is 7.05. The fourth-order valence-electron chi connectivity index (χ4n) is 3.69. The standard InChI is InChI=1S/C28H35N3O2S/c1-20(2)11-16-25(30)28-27(31-21(3)34-28)22-12-14-24(15-13-22)32-17-7-4-8-18-33-26-10-6-5-9-23(26)19-29/h5-6,9-10,12-15,20,25H,4,7-8,11,16-18,30H2,1-3H3. The summed E-state index contributed by atoms with van der Waals surface area (Å²) < 4.78 is 11.6. The van der Waals surface area contributed by atoms with Gasteiger partial charge in [0.25, 0.3) is 0 Å². The first-order valence-electron chi connectivity index (χ1n) is 12.1. The Bertz CT molecular complexity index is 1070. The molecule has 0 saturated heterocycles. The van der Waals surface area contributed by atoms with Crippen LogP contribution in [0.1, 0.15) is 67.4 Å². The number of ether oxygens (including phenoxy) is 2. The van der Waals surface area contributed by atoms with E-state index in [1.165, 1.54) is 4.88 Å². The van der Waals surface area contributed by atoms with Gasteiger partial charge in [0.15, 0.2) is 0 Å². The number of benzene rings is 2.